The zero-order chi connectivity index (χ0) is 13.1. The molecular weight excluding hydrogens is 222 g/mol. The van der Waals surface area contributed by atoms with Crippen LogP contribution in [0.4, 0.5) is 11.5 Å². The molecule has 2 unspecified atom stereocenters. The molecule has 3 nitrogen and oxygen atoms in total. The zero-order valence-electron chi connectivity index (χ0n) is 11.7. The number of hydrogen-bond donors (Lipinski definition) is 2. The van der Waals surface area contributed by atoms with Gasteiger partial charge in [-0.15, -0.1) is 0 Å². The van der Waals surface area contributed by atoms with Crippen LogP contribution in [-0.4, -0.2) is 11.0 Å². The van der Waals surface area contributed by atoms with Crippen molar-refractivity contribution in [3.63, 3.8) is 0 Å². The van der Waals surface area contributed by atoms with Crippen molar-refractivity contribution < 1.29 is 0 Å². The number of rotatable bonds is 3. The first-order chi connectivity index (χ1) is 8.58. The van der Waals surface area contributed by atoms with E-state index in [9.17, 15) is 0 Å². The maximum absolute atomic E-state index is 6.04. The summed E-state index contributed by atoms with van der Waals surface area (Å²) in [6, 6.07) is 2.51. The Labute approximate surface area is 110 Å². The molecule has 1 aromatic rings. The van der Waals surface area contributed by atoms with Crippen LogP contribution in [0.25, 0.3) is 0 Å². The van der Waals surface area contributed by atoms with Gasteiger partial charge >= 0.3 is 0 Å². The topological polar surface area (TPSA) is 50.9 Å². The second kappa shape index (κ2) is 5.59. The lowest BCUT2D eigenvalue weighted by molar-refractivity contribution is 0.253. The summed E-state index contributed by atoms with van der Waals surface area (Å²) in [6.07, 6.45) is 7.11. The summed E-state index contributed by atoms with van der Waals surface area (Å²) in [5.41, 5.74) is 7.91. The average molecular weight is 247 g/mol. The SMILES string of the molecule is Cc1cnc(NC2CCCCC2C(C)C)c(N)c1. The Morgan fingerprint density at radius 2 is 2.06 bits per heavy atom. The van der Waals surface area contributed by atoms with Gasteiger partial charge in [-0.2, -0.15) is 0 Å². The molecule has 0 aliphatic heterocycles. The highest BCUT2D eigenvalue weighted by molar-refractivity contribution is 5.62. The maximum atomic E-state index is 6.04. The van der Waals surface area contributed by atoms with E-state index in [1.54, 1.807) is 0 Å². The van der Waals surface area contributed by atoms with Gasteiger partial charge < -0.3 is 11.1 Å². The summed E-state index contributed by atoms with van der Waals surface area (Å²) in [5.74, 6) is 2.31. The van der Waals surface area contributed by atoms with Crippen molar-refractivity contribution in [2.24, 2.45) is 11.8 Å². The number of nitrogen functional groups attached to an aromatic ring is 1. The van der Waals surface area contributed by atoms with Gasteiger partial charge in [0.25, 0.3) is 0 Å². The largest absolute Gasteiger partial charge is 0.396 e. The van der Waals surface area contributed by atoms with Crippen molar-refractivity contribution in [3.05, 3.63) is 17.8 Å². The summed E-state index contributed by atoms with van der Waals surface area (Å²) < 4.78 is 0. The van der Waals surface area contributed by atoms with Crippen LogP contribution in [-0.2, 0) is 0 Å². The van der Waals surface area contributed by atoms with E-state index in [0.29, 0.717) is 6.04 Å². The summed E-state index contributed by atoms with van der Waals surface area (Å²) in [4.78, 5) is 4.43. The van der Waals surface area contributed by atoms with Gasteiger partial charge in [-0.1, -0.05) is 26.7 Å². The van der Waals surface area contributed by atoms with E-state index in [1.807, 2.05) is 19.2 Å². The fraction of sp³-hybridized carbons (Fsp3) is 0.667. The van der Waals surface area contributed by atoms with Crippen LogP contribution in [0.5, 0.6) is 0 Å². The van der Waals surface area contributed by atoms with E-state index < -0.39 is 0 Å². The lowest BCUT2D eigenvalue weighted by Gasteiger charge is -2.35. The van der Waals surface area contributed by atoms with Crippen LogP contribution in [0, 0.1) is 18.8 Å². The van der Waals surface area contributed by atoms with Crippen molar-refractivity contribution in [2.45, 2.75) is 52.5 Å². The van der Waals surface area contributed by atoms with Crippen LogP contribution in [0.3, 0.4) is 0 Å². The van der Waals surface area contributed by atoms with Crippen LogP contribution < -0.4 is 11.1 Å². The van der Waals surface area contributed by atoms with Gasteiger partial charge in [0.15, 0.2) is 0 Å². The van der Waals surface area contributed by atoms with Crippen LogP contribution in [0.2, 0.25) is 0 Å². The van der Waals surface area contributed by atoms with Gasteiger partial charge in [-0.05, 0) is 43.2 Å². The van der Waals surface area contributed by atoms with E-state index in [1.165, 1.54) is 25.7 Å². The van der Waals surface area contributed by atoms with E-state index in [-0.39, 0.29) is 0 Å². The molecule has 1 aliphatic rings. The molecule has 1 saturated carbocycles. The van der Waals surface area contributed by atoms with Gasteiger partial charge in [0.1, 0.15) is 5.82 Å². The Morgan fingerprint density at radius 3 is 2.72 bits per heavy atom. The molecule has 1 aliphatic carbocycles. The van der Waals surface area contributed by atoms with E-state index >= 15 is 0 Å². The van der Waals surface area contributed by atoms with Gasteiger partial charge in [0, 0.05) is 12.2 Å². The molecule has 3 heteroatoms. The fourth-order valence-corrected chi connectivity index (χ4v) is 3.02. The predicted octanol–water partition coefficient (Wildman–Crippen LogP) is 3.60. The monoisotopic (exact) mass is 247 g/mol. The van der Waals surface area contributed by atoms with Crippen molar-refractivity contribution in [1.82, 2.24) is 4.98 Å². The van der Waals surface area contributed by atoms with E-state index in [2.05, 4.69) is 24.1 Å². The number of aromatic nitrogens is 1. The third-order valence-corrected chi connectivity index (χ3v) is 4.05. The Balaban J connectivity index is 2.11. The molecule has 0 spiro atoms. The van der Waals surface area contributed by atoms with Crippen LogP contribution >= 0.6 is 0 Å². The lowest BCUT2D eigenvalue weighted by atomic mass is 9.78. The minimum atomic E-state index is 0.524. The molecule has 100 valence electrons. The van der Waals surface area contributed by atoms with Crippen molar-refractivity contribution in [2.75, 3.05) is 11.1 Å². The molecule has 1 heterocycles. The molecule has 0 amide bonds. The first-order valence-corrected chi connectivity index (χ1v) is 7.06. The number of nitrogens with zero attached hydrogens (tertiary/aromatic N) is 1. The molecule has 0 saturated heterocycles. The summed E-state index contributed by atoms with van der Waals surface area (Å²) >= 11 is 0. The predicted molar refractivity (Wildman–Crippen MR) is 77.6 cm³/mol. The molecule has 2 rings (SSSR count). The normalized spacial score (nSPS) is 24.2. The molecule has 0 radical (unpaired) electrons. The second-order valence-corrected chi connectivity index (χ2v) is 5.89. The Bertz CT molecular complexity index is 401. The van der Waals surface area contributed by atoms with Gasteiger partial charge in [-0.25, -0.2) is 4.98 Å². The summed E-state index contributed by atoms with van der Waals surface area (Å²) in [6.45, 7) is 6.65. The third kappa shape index (κ3) is 2.95. The molecule has 1 fully saturated rings. The highest BCUT2D eigenvalue weighted by Gasteiger charge is 2.27. The number of anilines is 2. The van der Waals surface area contributed by atoms with E-state index in [0.717, 1.165) is 28.9 Å². The number of nitrogens with two attached hydrogens (primary N) is 1. The van der Waals surface area contributed by atoms with Crippen molar-refractivity contribution in [3.8, 4) is 0 Å². The Morgan fingerprint density at radius 1 is 1.33 bits per heavy atom. The summed E-state index contributed by atoms with van der Waals surface area (Å²) in [7, 11) is 0. The molecule has 3 N–H and O–H groups in total. The molecule has 1 aromatic heterocycles. The summed E-state index contributed by atoms with van der Waals surface area (Å²) in [5, 5.41) is 3.57. The lowest BCUT2D eigenvalue weighted by Crippen LogP contribution is -2.35. The van der Waals surface area contributed by atoms with Gasteiger partial charge in [0.05, 0.1) is 5.69 Å². The molecule has 0 bridgehead atoms. The molecule has 0 aromatic carbocycles. The smallest absolute Gasteiger partial charge is 0.149 e. The highest BCUT2D eigenvalue weighted by atomic mass is 15.0. The minimum Gasteiger partial charge on any atom is -0.396 e. The number of hydrogen-bond acceptors (Lipinski definition) is 3. The van der Waals surface area contributed by atoms with Gasteiger partial charge in [-0.3, -0.25) is 0 Å². The zero-order valence-corrected chi connectivity index (χ0v) is 11.7. The van der Waals surface area contributed by atoms with Crippen LogP contribution in [0.15, 0.2) is 12.3 Å². The van der Waals surface area contributed by atoms with Crippen molar-refractivity contribution >= 4 is 11.5 Å². The third-order valence-electron chi connectivity index (χ3n) is 4.05. The van der Waals surface area contributed by atoms with Gasteiger partial charge in [0.2, 0.25) is 0 Å². The highest BCUT2D eigenvalue weighted by Crippen LogP contribution is 2.32. The second-order valence-electron chi connectivity index (χ2n) is 5.89. The number of pyridine rings is 1. The minimum absolute atomic E-state index is 0.524. The van der Waals surface area contributed by atoms with E-state index in [4.69, 9.17) is 5.73 Å². The standard InChI is InChI=1S/C15H25N3/c1-10(2)12-6-4-5-7-14(12)18-15-13(16)8-11(3)9-17-15/h8-10,12,14H,4-7,16H2,1-3H3,(H,17,18). The average Bonchev–Trinajstić information content (AvgIpc) is 2.33. The molecular formula is C15H25N3. The fourth-order valence-electron chi connectivity index (χ4n) is 3.02. The Kier molecular flexibility index (Phi) is 4.10. The maximum Gasteiger partial charge on any atom is 0.149 e. The molecule has 18 heavy (non-hydrogen) atoms. The van der Waals surface area contributed by atoms with Crippen LogP contribution in [0.1, 0.15) is 45.1 Å². The Hall–Kier alpha value is -1.25. The molecule has 2 atom stereocenters. The van der Waals surface area contributed by atoms with Crippen molar-refractivity contribution in [1.29, 1.82) is 0 Å². The number of nitrogens with one attached hydrogen (secondary N) is 1. The number of aryl methyl sites for hydroxylation is 1. The first-order valence-electron chi connectivity index (χ1n) is 7.06. The quantitative estimate of drug-likeness (QED) is 0.858. The first kappa shape index (κ1) is 13.2.